The normalized spacial score (nSPS) is 19.3. The van der Waals surface area contributed by atoms with Crippen LogP contribution in [0.25, 0.3) is 0 Å². The van der Waals surface area contributed by atoms with Crippen LogP contribution in [0.2, 0.25) is 0 Å². The zero-order valence-electron chi connectivity index (χ0n) is 17.0. The van der Waals surface area contributed by atoms with Gasteiger partial charge in [-0.05, 0) is 43.0 Å². The maximum Gasteiger partial charge on any atom is 0.238 e. The van der Waals surface area contributed by atoms with Crippen LogP contribution in [0.3, 0.4) is 0 Å². The van der Waals surface area contributed by atoms with Gasteiger partial charge in [-0.1, -0.05) is 6.07 Å². The van der Waals surface area contributed by atoms with Gasteiger partial charge in [0.2, 0.25) is 5.91 Å². The molecule has 2 saturated heterocycles. The fourth-order valence-corrected chi connectivity index (χ4v) is 3.99. The van der Waals surface area contributed by atoms with Gasteiger partial charge in [-0.2, -0.15) is 0 Å². The first-order valence-electron chi connectivity index (χ1n) is 10.2. The number of carbonyl (C=O) groups is 1. The largest absolute Gasteiger partial charge is 0.357 e. The molecule has 0 radical (unpaired) electrons. The van der Waals surface area contributed by atoms with Crippen molar-refractivity contribution in [2.24, 2.45) is 0 Å². The maximum atomic E-state index is 12.6. The Kier molecular flexibility index (Phi) is 9.78. The van der Waals surface area contributed by atoms with Crippen molar-refractivity contribution in [1.82, 2.24) is 20.2 Å². The van der Waals surface area contributed by atoms with E-state index < -0.39 is 0 Å². The van der Waals surface area contributed by atoms with Gasteiger partial charge in [-0.25, -0.2) is 4.98 Å². The van der Waals surface area contributed by atoms with E-state index >= 15 is 0 Å². The average Bonchev–Trinajstić information content (AvgIpc) is 2.76. The molecule has 1 atom stereocenters. The summed E-state index contributed by atoms with van der Waals surface area (Å²) in [7, 11) is 0. The van der Waals surface area contributed by atoms with Gasteiger partial charge in [0.25, 0.3) is 0 Å². The molecule has 1 amide bonds. The van der Waals surface area contributed by atoms with Crippen LogP contribution in [0, 0.1) is 0 Å². The molecular formula is C21H30Cl2N6O. The van der Waals surface area contributed by atoms with E-state index in [1.54, 1.807) is 12.4 Å². The molecule has 2 aromatic heterocycles. The summed E-state index contributed by atoms with van der Waals surface area (Å²) < 4.78 is 0. The fraction of sp³-hybridized carbons (Fsp3) is 0.476. The Morgan fingerprint density at radius 1 is 1.10 bits per heavy atom. The Hall–Kier alpha value is -1.93. The lowest BCUT2D eigenvalue weighted by Crippen LogP contribution is -2.48. The number of nitrogens with one attached hydrogen (secondary N) is 2. The van der Waals surface area contributed by atoms with Gasteiger partial charge in [0, 0.05) is 51.2 Å². The van der Waals surface area contributed by atoms with E-state index in [4.69, 9.17) is 0 Å². The summed E-state index contributed by atoms with van der Waals surface area (Å²) >= 11 is 0. The number of halogens is 2. The number of hydrogen-bond donors (Lipinski definition) is 2. The van der Waals surface area contributed by atoms with Crippen molar-refractivity contribution < 1.29 is 4.79 Å². The van der Waals surface area contributed by atoms with E-state index in [0.717, 1.165) is 49.8 Å². The number of aromatic nitrogens is 2. The number of rotatable bonds is 5. The number of carbonyl (C=O) groups excluding carboxylic acids is 1. The van der Waals surface area contributed by atoms with Crippen molar-refractivity contribution in [1.29, 1.82) is 0 Å². The third-order valence-corrected chi connectivity index (χ3v) is 5.48. The molecule has 30 heavy (non-hydrogen) atoms. The van der Waals surface area contributed by atoms with E-state index in [9.17, 15) is 4.79 Å². The highest BCUT2D eigenvalue weighted by atomic mass is 35.5. The van der Waals surface area contributed by atoms with Crippen LogP contribution in [0.4, 0.5) is 11.5 Å². The fourth-order valence-electron chi connectivity index (χ4n) is 3.99. The zero-order chi connectivity index (χ0) is 19.2. The SMILES string of the molecule is Cl.Cl.O=C(CN1CCNCC1c1cccnc1)Nc1ccc(N2CCCCC2)nc1. The Morgan fingerprint density at radius 2 is 1.93 bits per heavy atom. The molecule has 2 fully saturated rings. The molecule has 2 aliphatic rings. The zero-order valence-corrected chi connectivity index (χ0v) is 18.6. The van der Waals surface area contributed by atoms with Gasteiger partial charge in [0.1, 0.15) is 5.82 Å². The van der Waals surface area contributed by atoms with Crippen molar-refractivity contribution >= 4 is 42.2 Å². The van der Waals surface area contributed by atoms with E-state index in [1.807, 2.05) is 24.4 Å². The Morgan fingerprint density at radius 3 is 2.63 bits per heavy atom. The molecule has 4 heterocycles. The van der Waals surface area contributed by atoms with E-state index in [0.29, 0.717) is 6.54 Å². The van der Waals surface area contributed by atoms with Crippen molar-refractivity contribution in [2.75, 3.05) is 49.5 Å². The first-order valence-corrected chi connectivity index (χ1v) is 10.2. The highest BCUT2D eigenvalue weighted by Gasteiger charge is 2.25. The van der Waals surface area contributed by atoms with Crippen LogP contribution < -0.4 is 15.5 Å². The van der Waals surface area contributed by atoms with Gasteiger partial charge >= 0.3 is 0 Å². The third kappa shape index (κ3) is 6.28. The minimum Gasteiger partial charge on any atom is -0.357 e. The summed E-state index contributed by atoms with van der Waals surface area (Å²) in [5, 5.41) is 6.40. The topological polar surface area (TPSA) is 73.4 Å². The van der Waals surface area contributed by atoms with E-state index in [1.165, 1.54) is 19.3 Å². The molecular weight excluding hydrogens is 423 g/mol. The summed E-state index contributed by atoms with van der Waals surface area (Å²) in [6.07, 6.45) is 9.17. The van der Waals surface area contributed by atoms with Crippen LogP contribution in [-0.4, -0.2) is 60.0 Å². The molecule has 9 heteroatoms. The summed E-state index contributed by atoms with van der Waals surface area (Å²) in [4.78, 5) is 25.9. The standard InChI is InChI=1S/C21H28N6O.2ClH/c28-21(16-27-12-9-23-15-19(27)17-5-4-8-22-13-17)25-18-6-7-20(24-14-18)26-10-2-1-3-11-26;;/h4-8,13-14,19,23H,1-3,9-12,15-16H2,(H,25,28);2*1H. The number of anilines is 2. The Labute approximate surface area is 190 Å². The number of piperidine rings is 1. The number of pyridine rings is 2. The van der Waals surface area contributed by atoms with Crippen molar-refractivity contribution in [2.45, 2.75) is 25.3 Å². The molecule has 0 aromatic carbocycles. The minimum absolute atomic E-state index is 0. The van der Waals surface area contributed by atoms with Gasteiger partial charge in [-0.3, -0.25) is 14.7 Å². The quantitative estimate of drug-likeness (QED) is 0.726. The van der Waals surface area contributed by atoms with Crippen LogP contribution >= 0.6 is 24.8 Å². The lowest BCUT2D eigenvalue weighted by atomic mass is 10.1. The molecule has 4 rings (SSSR count). The summed E-state index contributed by atoms with van der Waals surface area (Å²) in [5.74, 6) is 0.986. The van der Waals surface area contributed by atoms with Crippen molar-refractivity contribution in [3.63, 3.8) is 0 Å². The van der Waals surface area contributed by atoms with Crippen molar-refractivity contribution in [3.8, 4) is 0 Å². The molecule has 0 spiro atoms. The summed E-state index contributed by atoms with van der Waals surface area (Å²) in [6, 6.07) is 8.12. The Bertz CT molecular complexity index is 771. The predicted molar refractivity (Wildman–Crippen MR) is 125 cm³/mol. The monoisotopic (exact) mass is 452 g/mol. The van der Waals surface area contributed by atoms with Gasteiger partial charge < -0.3 is 15.5 Å². The molecule has 0 saturated carbocycles. The molecule has 0 aliphatic carbocycles. The number of nitrogens with zero attached hydrogens (tertiary/aromatic N) is 4. The molecule has 164 valence electrons. The second kappa shape index (κ2) is 12.1. The highest BCUT2D eigenvalue weighted by molar-refractivity contribution is 5.92. The molecule has 7 nitrogen and oxygen atoms in total. The van der Waals surface area contributed by atoms with Gasteiger partial charge in [0.05, 0.1) is 18.4 Å². The molecule has 2 aliphatic heterocycles. The molecule has 1 unspecified atom stereocenters. The molecule has 2 aromatic rings. The Balaban J connectivity index is 0.00000160. The second-order valence-corrected chi connectivity index (χ2v) is 7.48. The van der Waals surface area contributed by atoms with Crippen LogP contribution in [0.1, 0.15) is 30.9 Å². The lowest BCUT2D eigenvalue weighted by Gasteiger charge is -2.35. The second-order valence-electron chi connectivity index (χ2n) is 7.48. The van der Waals surface area contributed by atoms with Gasteiger partial charge in [-0.15, -0.1) is 24.8 Å². The average molecular weight is 453 g/mol. The van der Waals surface area contributed by atoms with Gasteiger partial charge in [0.15, 0.2) is 0 Å². The lowest BCUT2D eigenvalue weighted by molar-refractivity contribution is -0.118. The maximum absolute atomic E-state index is 12.6. The molecule has 0 bridgehead atoms. The summed E-state index contributed by atoms with van der Waals surface area (Å²) in [6.45, 7) is 5.03. The van der Waals surface area contributed by atoms with Crippen LogP contribution in [0.15, 0.2) is 42.9 Å². The van der Waals surface area contributed by atoms with E-state index in [-0.39, 0.29) is 36.8 Å². The number of hydrogen-bond acceptors (Lipinski definition) is 6. The smallest absolute Gasteiger partial charge is 0.238 e. The summed E-state index contributed by atoms with van der Waals surface area (Å²) in [5.41, 5.74) is 1.88. The van der Waals surface area contributed by atoms with Crippen molar-refractivity contribution in [3.05, 3.63) is 48.4 Å². The predicted octanol–water partition coefficient (Wildman–Crippen LogP) is 2.90. The third-order valence-electron chi connectivity index (χ3n) is 5.48. The number of amides is 1. The van der Waals surface area contributed by atoms with E-state index in [2.05, 4.69) is 36.5 Å². The first kappa shape index (κ1) is 24.3. The highest BCUT2D eigenvalue weighted by Crippen LogP contribution is 2.22. The molecule has 2 N–H and O–H groups in total. The van der Waals surface area contributed by atoms with Crippen LogP contribution in [0.5, 0.6) is 0 Å². The minimum atomic E-state index is -0.0108. The van der Waals surface area contributed by atoms with Crippen LogP contribution in [-0.2, 0) is 4.79 Å². The first-order chi connectivity index (χ1) is 13.8. The number of piperazine rings is 1.